The van der Waals surface area contributed by atoms with E-state index in [0.29, 0.717) is 19.4 Å². The van der Waals surface area contributed by atoms with Crippen molar-refractivity contribution in [3.8, 4) is 0 Å². The summed E-state index contributed by atoms with van der Waals surface area (Å²) < 4.78 is 4.81. The molecule has 0 aliphatic carbocycles. The summed E-state index contributed by atoms with van der Waals surface area (Å²) in [7, 11) is 1.70. The van der Waals surface area contributed by atoms with Gasteiger partial charge in [-0.2, -0.15) is 0 Å². The first-order valence-electron chi connectivity index (χ1n) is 11.5. The van der Waals surface area contributed by atoms with Gasteiger partial charge in [0.2, 0.25) is 5.91 Å². The molecule has 0 aromatic rings. The molecule has 27 heavy (non-hydrogen) atoms. The molecular formula is C23H47NO3. The minimum atomic E-state index is -0.0472. The monoisotopic (exact) mass is 385 g/mol. The van der Waals surface area contributed by atoms with Crippen molar-refractivity contribution in [1.29, 1.82) is 0 Å². The Hall–Kier alpha value is -1.06. The molecule has 4 nitrogen and oxygen atoms in total. The van der Waals surface area contributed by atoms with E-state index in [9.17, 15) is 9.59 Å². The Labute approximate surface area is 169 Å². The molecule has 1 amide bonds. The van der Waals surface area contributed by atoms with Gasteiger partial charge in [0.05, 0.1) is 6.61 Å². The average Bonchev–Trinajstić information content (AvgIpc) is 2.67. The molecule has 0 saturated heterocycles. The van der Waals surface area contributed by atoms with Gasteiger partial charge in [-0.05, 0) is 19.8 Å². The van der Waals surface area contributed by atoms with Gasteiger partial charge in [0.1, 0.15) is 0 Å². The number of carbonyl (C=O) groups is 2. The zero-order valence-electron chi connectivity index (χ0n) is 18.7. The zero-order valence-corrected chi connectivity index (χ0v) is 18.7. The third kappa shape index (κ3) is 27.3. The van der Waals surface area contributed by atoms with E-state index >= 15 is 0 Å². The van der Waals surface area contributed by atoms with Gasteiger partial charge < -0.3 is 10.1 Å². The Balaban J connectivity index is 0. The summed E-state index contributed by atoms with van der Waals surface area (Å²) in [6.07, 6.45) is 19.0. The van der Waals surface area contributed by atoms with Gasteiger partial charge in [0.15, 0.2) is 0 Å². The van der Waals surface area contributed by atoms with Crippen molar-refractivity contribution >= 4 is 11.9 Å². The topological polar surface area (TPSA) is 55.4 Å². The van der Waals surface area contributed by atoms with Crippen molar-refractivity contribution in [1.82, 2.24) is 5.32 Å². The number of hydrogen-bond donors (Lipinski definition) is 1. The highest BCUT2D eigenvalue weighted by Crippen LogP contribution is 2.10. The SMILES string of the molecule is CCCCCCCC(=O)OCC.CCCCCCCCCCCC(=O)NC. The van der Waals surface area contributed by atoms with Crippen molar-refractivity contribution in [2.45, 2.75) is 124 Å². The Morgan fingerprint density at radius 3 is 1.44 bits per heavy atom. The van der Waals surface area contributed by atoms with Crippen LogP contribution in [0.15, 0.2) is 0 Å². The fourth-order valence-corrected chi connectivity index (χ4v) is 2.83. The molecule has 0 atom stereocenters. The largest absolute Gasteiger partial charge is 0.466 e. The fraction of sp³-hybridized carbons (Fsp3) is 0.913. The minimum absolute atomic E-state index is 0.0472. The van der Waals surface area contributed by atoms with Crippen molar-refractivity contribution in [2.24, 2.45) is 0 Å². The second kappa shape index (κ2) is 24.9. The highest BCUT2D eigenvalue weighted by molar-refractivity contribution is 5.75. The maximum atomic E-state index is 10.9. The number of esters is 1. The quantitative estimate of drug-likeness (QED) is 0.228. The van der Waals surface area contributed by atoms with Crippen molar-refractivity contribution in [3.05, 3.63) is 0 Å². The van der Waals surface area contributed by atoms with Gasteiger partial charge in [-0.1, -0.05) is 90.9 Å². The molecule has 0 unspecified atom stereocenters. The Morgan fingerprint density at radius 2 is 1.04 bits per heavy atom. The molecule has 0 bridgehead atoms. The minimum Gasteiger partial charge on any atom is -0.466 e. The number of carbonyl (C=O) groups excluding carboxylic acids is 2. The number of amides is 1. The molecule has 0 aromatic carbocycles. The van der Waals surface area contributed by atoms with E-state index in [2.05, 4.69) is 19.2 Å². The molecule has 0 radical (unpaired) electrons. The predicted molar refractivity (Wildman–Crippen MR) is 116 cm³/mol. The number of rotatable bonds is 17. The summed E-state index contributed by atoms with van der Waals surface area (Å²) >= 11 is 0. The summed E-state index contributed by atoms with van der Waals surface area (Å²) in [6, 6.07) is 0. The molecule has 0 aliphatic rings. The second-order valence-electron chi connectivity index (χ2n) is 7.22. The number of ether oxygens (including phenoxy) is 1. The van der Waals surface area contributed by atoms with Crippen LogP contribution in [0, 0.1) is 0 Å². The van der Waals surface area contributed by atoms with Gasteiger partial charge in [-0.3, -0.25) is 9.59 Å². The van der Waals surface area contributed by atoms with Gasteiger partial charge in [0, 0.05) is 19.9 Å². The number of hydrogen-bond acceptors (Lipinski definition) is 3. The smallest absolute Gasteiger partial charge is 0.305 e. The normalized spacial score (nSPS) is 10.1. The predicted octanol–water partition coefficient (Wildman–Crippen LogP) is 6.56. The highest BCUT2D eigenvalue weighted by atomic mass is 16.5. The number of unbranched alkanes of at least 4 members (excludes halogenated alkanes) is 12. The third-order valence-electron chi connectivity index (χ3n) is 4.58. The Kier molecular flexibility index (Phi) is 26.0. The first-order valence-corrected chi connectivity index (χ1v) is 11.5. The first kappa shape index (κ1) is 28.2. The van der Waals surface area contributed by atoms with Crippen LogP contribution in [0.25, 0.3) is 0 Å². The first-order chi connectivity index (χ1) is 13.1. The van der Waals surface area contributed by atoms with E-state index in [1.807, 2.05) is 6.92 Å². The lowest BCUT2D eigenvalue weighted by molar-refractivity contribution is -0.143. The van der Waals surface area contributed by atoms with E-state index in [1.165, 1.54) is 70.6 Å². The Morgan fingerprint density at radius 1 is 0.630 bits per heavy atom. The standard InChI is InChI=1S/C13H27NO.C10H20O2/c1-3-4-5-6-7-8-9-10-11-12-13(15)14-2;1-3-5-6-7-8-9-10(11)12-4-2/h3-12H2,1-2H3,(H,14,15);3-9H2,1-2H3. The molecule has 4 heteroatoms. The maximum absolute atomic E-state index is 10.9. The van der Waals surface area contributed by atoms with Crippen molar-refractivity contribution in [3.63, 3.8) is 0 Å². The molecule has 0 fully saturated rings. The zero-order chi connectivity index (χ0) is 20.6. The van der Waals surface area contributed by atoms with Crippen LogP contribution in [-0.4, -0.2) is 25.5 Å². The maximum Gasteiger partial charge on any atom is 0.305 e. The molecule has 0 saturated carbocycles. The summed E-state index contributed by atoms with van der Waals surface area (Å²) in [5.74, 6) is 0.131. The van der Waals surface area contributed by atoms with Crippen LogP contribution in [0.3, 0.4) is 0 Å². The molecule has 0 rings (SSSR count). The van der Waals surface area contributed by atoms with Crippen LogP contribution in [0.4, 0.5) is 0 Å². The lowest BCUT2D eigenvalue weighted by Crippen LogP contribution is -2.16. The average molecular weight is 386 g/mol. The van der Waals surface area contributed by atoms with E-state index in [4.69, 9.17) is 4.74 Å². The molecular weight excluding hydrogens is 338 g/mol. The molecule has 0 spiro atoms. The highest BCUT2D eigenvalue weighted by Gasteiger charge is 1.99. The number of nitrogens with one attached hydrogen (secondary N) is 1. The van der Waals surface area contributed by atoms with E-state index < -0.39 is 0 Å². The van der Waals surface area contributed by atoms with E-state index in [0.717, 1.165) is 19.3 Å². The van der Waals surface area contributed by atoms with Crippen LogP contribution >= 0.6 is 0 Å². The summed E-state index contributed by atoms with van der Waals surface area (Å²) in [6.45, 7) is 6.78. The van der Waals surface area contributed by atoms with Crippen LogP contribution < -0.4 is 5.32 Å². The van der Waals surface area contributed by atoms with Gasteiger partial charge in [-0.25, -0.2) is 0 Å². The van der Waals surface area contributed by atoms with Gasteiger partial charge in [0.25, 0.3) is 0 Å². The second-order valence-corrected chi connectivity index (χ2v) is 7.22. The molecule has 0 aliphatic heterocycles. The van der Waals surface area contributed by atoms with Gasteiger partial charge in [-0.15, -0.1) is 0 Å². The molecule has 0 heterocycles. The summed E-state index contributed by atoms with van der Waals surface area (Å²) in [4.78, 5) is 21.8. The van der Waals surface area contributed by atoms with Gasteiger partial charge >= 0.3 is 5.97 Å². The van der Waals surface area contributed by atoms with Crippen LogP contribution in [0.5, 0.6) is 0 Å². The van der Waals surface area contributed by atoms with Crippen molar-refractivity contribution < 1.29 is 14.3 Å². The molecule has 0 aromatic heterocycles. The van der Waals surface area contributed by atoms with E-state index in [1.54, 1.807) is 7.05 Å². The molecule has 162 valence electrons. The van der Waals surface area contributed by atoms with E-state index in [-0.39, 0.29) is 11.9 Å². The Bertz CT molecular complexity index is 319. The summed E-state index contributed by atoms with van der Waals surface area (Å²) in [5.41, 5.74) is 0. The lowest BCUT2D eigenvalue weighted by Gasteiger charge is -2.01. The van der Waals surface area contributed by atoms with Crippen LogP contribution in [-0.2, 0) is 14.3 Å². The van der Waals surface area contributed by atoms with Crippen LogP contribution in [0.1, 0.15) is 124 Å². The van der Waals surface area contributed by atoms with Crippen molar-refractivity contribution in [2.75, 3.05) is 13.7 Å². The lowest BCUT2D eigenvalue weighted by atomic mass is 10.1. The summed E-state index contributed by atoms with van der Waals surface area (Å²) in [5, 5.41) is 2.65. The van der Waals surface area contributed by atoms with Crippen LogP contribution in [0.2, 0.25) is 0 Å². The molecule has 1 N–H and O–H groups in total. The third-order valence-corrected chi connectivity index (χ3v) is 4.58. The fourth-order valence-electron chi connectivity index (χ4n) is 2.83.